The number of carbonyl (C=O) groups is 3. The Labute approximate surface area is 223 Å². The molecule has 2 amide bonds. The SMILES string of the molecule is C#CCn1c(=NC(=O)CSCC(=O)Nc2sc3c(c2C(=O)OCC)CCC3)sc2cc(Br)ccc21. The monoisotopic (exact) mass is 591 g/mol. The molecular weight excluding hydrogens is 570 g/mol. The van der Waals surface area contributed by atoms with Crippen LogP contribution in [0, 0.1) is 12.3 Å². The van der Waals surface area contributed by atoms with Crippen LogP contribution in [0.5, 0.6) is 0 Å². The number of thiophene rings is 1. The zero-order valence-electron chi connectivity index (χ0n) is 18.9. The van der Waals surface area contributed by atoms with Crippen LogP contribution in [0.2, 0.25) is 0 Å². The van der Waals surface area contributed by atoms with Gasteiger partial charge in [0.05, 0.1) is 40.4 Å². The van der Waals surface area contributed by atoms with Gasteiger partial charge in [0.1, 0.15) is 5.00 Å². The number of thiazole rings is 1. The van der Waals surface area contributed by atoms with Crippen LogP contribution in [0.4, 0.5) is 5.00 Å². The highest BCUT2D eigenvalue weighted by molar-refractivity contribution is 9.10. The largest absolute Gasteiger partial charge is 0.462 e. The Morgan fingerprint density at radius 3 is 2.89 bits per heavy atom. The van der Waals surface area contributed by atoms with Gasteiger partial charge in [-0.15, -0.1) is 29.5 Å². The van der Waals surface area contributed by atoms with Gasteiger partial charge in [-0.2, -0.15) is 4.99 Å². The van der Waals surface area contributed by atoms with Crippen LogP contribution >= 0.6 is 50.4 Å². The summed E-state index contributed by atoms with van der Waals surface area (Å²) in [6, 6.07) is 5.80. The number of hydrogen-bond acceptors (Lipinski definition) is 7. The lowest BCUT2D eigenvalue weighted by atomic mass is 10.1. The number of terminal acetylenes is 1. The molecule has 2 aromatic heterocycles. The smallest absolute Gasteiger partial charge is 0.341 e. The first kappa shape index (κ1) is 25.7. The lowest BCUT2D eigenvalue weighted by molar-refractivity contribution is -0.115. The summed E-state index contributed by atoms with van der Waals surface area (Å²) in [7, 11) is 0. The van der Waals surface area contributed by atoms with Crippen molar-refractivity contribution in [1.82, 2.24) is 4.57 Å². The lowest BCUT2D eigenvalue weighted by Gasteiger charge is -2.07. The molecule has 0 saturated carbocycles. The molecule has 1 aliphatic rings. The Hall–Kier alpha value is -2.39. The molecule has 182 valence electrons. The molecule has 11 heteroatoms. The van der Waals surface area contributed by atoms with Crippen LogP contribution in [-0.2, 0) is 33.7 Å². The Balaban J connectivity index is 1.40. The van der Waals surface area contributed by atoms with E-state index in [9.17, 15) is 14.4 Å². The molecule has 0 spiro atoms. The Morgan fingerprint density at radius 1 is 1.29 bits per heavy atom. The van der Waals surface area contributed by atoms with E-state index < -0.39 is 5.97 Å². The van der Waals surface area contributed by atoms with Crippen LogP contribution in [0.25, 0.3) is 10.2 Å². The molecule has 1 aliphatic carbocycles. The second-order valence-corrected chi connectivity index (χ2v) is 11.6. The standard InChI is InChI=1S/C24H22BrN3O4S3/c1-3-10-28-16-9-8-14(25)11-18(16)35-24(28)27-20(30)13-33-12-19(29)26-22-21(23(31)32-4-2)15-6-5-7-17(15)34-22/h1,8-9,11H,4-7,10,12-13H2,2H3,(H,26,29). The Kier molecular flexibility index (Phi) is 8.49. The average molecular weight is 593 g/mol. The van der Waals surface area contributed by atoms with Crippen molar-refractivity contribution in [3.8, 4) is 12.3 Å². The van der Waals surface area contributed by atoms with E-state index in [1.165, 1.54) is 34.4 Å². The van der Waals surface area contributed by atoms with Crippen molar-refractivity contribution < 1.29 is 19.1 Å². The number of nitrogens with one attached hydrogen (secondary N) is 1. The van der Waals surface area contributed by atoms with E-state index >= 15 is 0 Å². The lowest BCUT2D eigenvalue weighted by Crippen LogP contribution is -2.19. The van der Waals surface area contributed by atoms with Crippen LogP contribution in [-0.4, -0.2) is 40.5 Å². The number of aromatic nitrogens is 1. The van der Waals surface area contributed by atoms with Crippen molar-refractivity contribution in [2.75, 3.05) is 23.4 Å². The molecule has 0 atom stereocenters. The van der Waals surface area contributed by atoms with E-state index in [1.807, 2.05) is 22.8 Å². The molecule has 35 heavy (non-hydrogen) atoms. The second-order valence-electron chi connectivity index (χ2n) is 7.62. The molecule has 0 unspecified atom stereocenters. The van der Waals surface area contributed by atoms with Crippen LogP contribution in [0.15, 0.2) is 27.7 Å². The van der Waals surface area contributed by atoms with Gasteiger partial charge < -0.3 is 14.6 Å². The maximum atomic E-state index is 12.6. The molecule has 0 radical (unpaired) electrons. The van der Waals surface area contributed by atoms with E-state index in [0.717, 1.165) is 44.4 Å². The number of rotatable bonds is 8. The number of thioether (sulfide) groups is 1. The van der Waals surface area contributed by atoms with Gasteiger partial charge in [-0.05, 0) is 49.9 Å². The normalized spacial score (nSPS) is 13.0. The number of hydrogen-bond donors (Lipinski definition) is 1. The first-order valence-electron chi connectivity index (χ1n) is 10.9. The minimum atomic E-state index is -0.403. The second kappa shape index (κ2) is 11.6. The number of esters is 1. The maximum absolute atomic E-state index is 12.6. The number of anilines is 1. The minimum Gasteiger partial charge on any atom is -0.462 e. The van der Waals surface area contributed by atoms with Crippen LogP contribution < -0.4 is 10.1 Å². The summed E-state index contributed by atoms with van der Waals surface area (Å²) in [4.78, 5) is 43.4. The van der Waals surface area contributed by atoms with Gasteiger partial charge in [-0.1, -0.05) is 33.2 Å². The zero-order chi connectivity index (χ0) is 24.9. The van der Waals surface area contributed by atoms with E-state index in [4.69, 9.17) is 11.2 Å². The molecule has 1 N–H and O–H groups in total. The zero-order valence-corrected chi connectivity index (χ0v) is 22.9. The van der Waals surface area contributed by atoms with Gasteiger partial charge in [-0.3, -0.25) is 9.59 Å². The number of nitrogens with zero attached hydrogens (tertiary/aromatic N) is 2. The highest BCUT2D eigenvalue weighted by Gasteiger charge is 2.28. The van der Waals surface area contributed by atoms with Gasteiger partial charge in [-0.25, -0.2) is 4.79 Å². The number of benzene rings is 1. The fraction of sp³-hybridized carbons (Fsp3) is 0.333. The maximum Gasteiger partial charge on any atom is 0.341 e. The third-order valence-electron chi connectivity index (χ3n) is 5.23. The average Bonchev–Trinajstić information content (AvgIpc) is 3.47. The van der Waals surface area contributed by atoms with Gasteiger partial charge in [0, 0.05) is 9.35 Å². The molecule has 7 nitrogen and oxygen atoms in total. The van der Waals surface area contributed by atoms with E-state index in [1.54, 1.807) is 6.92 Å². The van der Waals surface area contributed by atoms with Crippen molar-refractivity contribution in [2.24, 2.45) is 4.99 Å². The summed E-state index contributed by atoms with van der Waals surface area (Å²) in [5, 5.41) is 3.37. The molecule has 1 aromatic carbocycles. The number of amides is 2. The number of halogens is 1. The topological polar surface area (TPSA) is 89.8 Å². The molecule has 0 aliphatic heterocycles. The highest BCUT2D eigenvalue weighted by Crippen LogP contribution is 2.39. The molecule has 0 bridgehead atoms. The van der Waals surface area contributed by atoms with Crippen molar-refractivity contribution in [3.05, 3.63) is 43.5 Å². The first-order chi connectivity index (χ1) is 16.9. The Bertz CT molecular complexity index is 1410. The predicted octanol–water partition coefficient (Wildman–Crippen LogP) is 4.62. The fourth-order valence-electron chi connectivity index (χ4n) is 3.82. The Morgan fingerprint density at radius 2 is 2.11 bits per heavy atom. The van der Waals surface area contributed by atoms with Gasteiger partial charge in [0.2, 0.25) is 5.91 Å². The summed E-state index contributed by atoms with van der Waals surface area (Å²) < 4.78 is 8.92. The van der Waals surface area contributed by atoms with E-state index in [2.05, 4.69) is 32.2 Å². The number of ether oxygens (including phenoxy) is 1. The van der Waals surface area contributed by atoms with Crippen LogP contribution in [0.1, 0.15) is 34.1 Å². The summed E-state index contributed by atoms with van der Waals surface area (Å²) in [5.74, 6) is 1.69. The molecule has 4 rings (SSSR count). The van der Waals surface area contributed by atoms with Crippen molar-refractivity contribution in [2.45, 2.75) is 32.7 Å². The predicted molar refractivity (Wildman–Crippen MR) is 145 cm³/mol. The van der Waals surface area contributed by atoms with E-state index in [0.29, 0.717) is 21.9 Å². The quantitative estimate of drug-likeness (QED) is 0.305. The van der Waals surface area contributed by atoms with Crippen molar-refractivity contribution in [1.29, 1.82) is 0 Å². The minimum absolute atomic E-state index is 0.0487. The van der Waals surface area contributed by atoms with Gasteiger partial charge in [0.15, 0.2) is 4.80 Å². The van der Waals surface area contributed by atoms with Gasteiger partial charge >= 0.3 is 5.97 Å². The number of carbonyl (C=O) groups excluding carboxylic acids is 3. The number of aryl methyl sites for hydroxylation is 1. The van der Waals surface area contributed by atoms with Crippen molar-refractivity contribution in [3.63, 3.8) is 0 Å². The molecule has 2 heterocycles. The molecular formula is C24H22BrN3O4S3. The third kappa shape index (κ3) is 5.89. The van der Waals surface area contributed by atoms with Crippen LogP contribution in [0.3, 0.4) is 0 Å². The highest BCUT2D eigenvalue weighted by atomic mass is 79.9. The summed E-state index contributed by atoms with van der Waals surface area (Å²) >= 11 is 7.45. The van der Waals surface area contributed by atoms with E-state index in [-0.39, 0.29) is 29.9 Å². The van der Waals surface area contributed by atoms with Gasteiger partial charge in [0.25, 0.3) is 5.91 Å². The molecule has 0 saturated heterocycles. The first-order valence-corrected chi connectivity index (χ1v) is 14.5. The summed E-state index contributed by atoms with van der Waals surface area (Å²) in [6.45, 7) is 2.33. The summed E-state index contributed by atoms with van der Waals surface area (Å²) in [5.41, 5.74) is 2.37. The summed E-state index contributed by atoms with van der Waals surface area (Å²) in [6.07, 6.45) is 8.23. The molecule has 3 aromatic rings. The fourth-order valence-corrected chi connectivity index (χ4v) is 7.31. The van der Waals surface area contributed by atoms with Crippen molar-refractivity contribution >= 4 is 83.4 Å². The third-order valence-corrected chi connectivity index (χ3v) is 8.89. The number of fused-ring (bicyclic) bond motifs is 2. The molecule has 0 fully saturated rings.